The van der Waals surface area contributed by atoms with E-state index in [4.69, 9.17) is 11.2 Å². The molecule has 0 amide bonds. The summed E-state index contributed by atoms with van der Waals surface area (Å²) in [7, 11) is 1.50. The first-order valence-corrected chi connectivity index (χ1v) is 4.93. The Labute approximate surface area is 93.4 Å². The molecule has 0 unspecified atom stereocenters. The number of nitro benzene ring substituents is 1. The number of non-ortho nitro benzene ring substituents is 1. The molecule has 0 bridgehead atoms. The van der Waals surface area contributed by atoms with Crippen LogP contribution in [0.3, 0.4) is 0 Å². The number of nitrogens with zero attached hydrogens (tertiary/aromatic N) is 1. The first-order valence-electron chi connectivity index (χ1n) is 4.93. The Morgan fingerprint density at radius 1 is 1.56 bits per heavy atom. The second-order valence-corrected chi connectivity index (χ2v) is 3.87. The average molecular weight is 217 g/mol. The van der Waals surface area contributed by atoms with Gasteiger partial charge >= 0.3 is 0 Å². The van der Waals surface area contributed by atoms with Crippen molar-refractivity contribution in [1.29, 1.82) is 0 Å². The van der Waals surface area contributed by atoms with E-state index < -0.39 is 4.92 Å². The van der Waals surface area contributed by atoms with Crippen molar-refractivity contribution in [2.45, 2.75) is 18.3 Å². The van der Waals surface area contributed by atoms with Gasteiger partial charge in [0.25, 0.3) is 5.69 Å². The molecular formula is C12H11NO3. The molecule has 0 aliphatic heterocycles. The molecule has 0 atom stereocenters. The molecule has 1 aromatic carbocycles. The highest BCUT2D eigenvalue weighted by molar-refractivity contribution is 5.53. The van der Waals surface area contributed by atoms with E-state index in [9.17, 15) is 10.1 Å². The zero-order valence-electron chi connectivity index (χ0n) is 8.90. The monoisotopic (exact) mass is 217 g/mol. The molecule has 0 N–H and O–H groups in total. The molecule has 4 heteroatoms. The van der Waals surface area contributed by atoms with Crippen LogP contribution in [-0.2, 0) is 5.41 Å². The van der Waals surface area contributed by atoms with Crippen LogP contribution in [0, 0.1) is 22.5 Å². The van der Waals surface area contributed by atoms with E-state index in [0.717, 1.165) is 18.4 Å². The van der Waals surface area contributed by atoms with Gasteiger partial charge in [0, 0.05) is 11.6 Å². The third-order valence-corrected chi connectivity index (χ3v) is 2.94. The Balaban J connectivity index is 2.48. The maximum Gasteiger partial charge on any atom is 0.273 e. The second-order valence-electron chi connectivity index (χ2n) is 3.87. The number of rotatable bonds is 3. The quantitative estimate of drug-likeness (QED) is 0.443. The lowest BCUT2D eigenvalue weighted by atomic mass is 9.95. The number of hydrogen-bond acceptors (Lipinski definition) is 3. The molecule has 0 saturated heterocycles. The fraction of sp³-hybridized carbons (Fsp3) is 0.333. The lowest BCUT2D eigenvalue weighted by molar-refractivity contribution is -0.384. The molecule has 1 aliphatic carbocycles. The number of benzene rings is 1. The largest absolute Gasteiger partial charge is 0.496 e. The summed E-state index contributed by atoms with van der Waals surface area (Å²) < 4.78 is 5.16. The topological polar surface area (TPSA) is 52.4 Å². The Bertz CT molecular complexity index is 484. The molecule has 2 rings (SSSR count). The zero-order chi connectivity index (χ0) is 11.8. The maximum atomic E-state index is 10.6. The molecule has 0 heterocycles. The van der Waals surface area contributed by atoms with E-state index in [1.54, 1.807) is 6.07 Å². The summed E-state index contributed by atoms with van der Waals surface area (Å²) in [5, 5.41) is 10.6. The lowest BCUT2D eigenvalue weighted by Gasteiger charge is -2.12. The van der Waals surface area contributed by atoms with Crippen LogP contribution >= 0.6 is 0 Å². The van der Waals surface area contributed by atoms with Gasteiger partial charge in [0.2, 0.25) is 0 Å². The fourth-order valence-electron chi connectivity index (χ4n) is 1.81. The van der Waals surface area contributed by atoms with Gasteiger partial charge in [0.05, 0.1) is 23.5 Å². The van der Waals surface area contributed by atoms with Crippen LogP contribution in [0.4, 0.5) is 5.69 Å². The van der Waals surface area contributed by atoms with Crippen molar-refractivity contribution in [1.82, 2.24) is 0 Å². The minimum atomic E-state index is -0.443. The predicted molar refractivity (Wildman–Crippen MR) is 59.4 cm³/mol. The fourth-order valence-corrected chi connectivity index (χ4v) is 1.81. The van der Waals surface area contributed by atoms with Gasteiger partial charge in [-0.15, -0.1) is 6.42 Å². The van der Waals surface area contributed by atoms with Crippen LogP contribution in [0.5, 0.6) is 5.75 Å². The van der Waals surface area contributed by atoms with Crippen molar-refractivity contribution >= 4 is 5.69 Å². The molecule has 1 fully saturated rings. The van der Waals surface area contributed by atoms with Crippen LogP contribution < -0.4 is 4.74 Å². The Kier molecular flexibility index (Phi) is 2.31. The number of ether oxygens (including phenoxy) is 1. The number of terminal acetylenes is 1. The summed E-state index contributed by atoms with van der Waals surface area (Å²) in [5.41, 5.74) is 0.636. The molecule has 0 radical (unpaired) electrons. The van der Waals surface area contributed by atoms with Crippen LogP contribution in [0.2, 0.25) is 0 Å². The molecule has 0 aromatic heterocycles. The molecular weight excluding hydrogens is 206 g/mol. The van der Waals surface area contributed by atoms with E-state index in [0.29, 0.717) is 5.75 Å². The van der Waals surface area contributed by atoms with E-state index in [1.807, 2.05) is 0 Å². The van der Waals surface area contributed by atoms with Crippen LogP contribution in [0.15, 0.2) is 18.2 Å². The van der Waals surface area contributed by atoms with Gasteiger partial charge < -0.3 is 4.74 Å². The number of nitro groups is 1. The second kappa shape index (κ2) is 3.53. The lowest BCUT2D eigenvalue weighted by Crippen LogP contribution is -2.05. The van der Waals surface area contributed by atoms with Crippen molar-refractivity contribution in [3.8, 4) is 18.1 Å². The van der Waals surface area contributed by atoms with E-state index >= 15 is 0 Å². The van der Waals surface area contributed by atoms with Gasteiger partial charge in [-0.1, -0.05) is 5.92 Å². The minimum Gasteiger partial charge on any atom is -0.496 e. The van der Waals surface area contributed by atoms with Crippen molar-refractivity contribution in [2.75, 3.05) is 7.11 Å². The summed E-state index contributed by atoms with van der Waals surface area (Å²) in [6, 6.07) is 4.59. The molecule has 16 heavy (non-hydrogen) atoms. The van der Waals surface area contributed by atoms with Gasteiger partial charge in [-0.3, -0.25) is 10.1 Å². The molecule has 0 spiro atoms. The first-order chi connectivity index (χ1) is 7.63. The van der Waals surface area contributed by atoms with Crippen molar-refractivity contribution in [3.63, 3.8) is 0 Å². The Morgan fingerprint density at radius 3 is 2.69 bits per heavy atom. The summed E-state index contributed by atoms with van der Waals surface area (Å²) in [6.07, 6.45) is 7.31. The van der Waals surface area contributed by atoms with Crippen LogP contribution in [-0.4, -0.2) is 12.0 Å². The highest BCUT2D eigenvalue weighted by Crippen LogP contribution is 2.51. The molecule has 82 valence electrons. The van der Waals surface area contributed by atoms with E-state index in [2.05, 4.69) is 5.92 Å². The molecule has 1 saturated carbocycles. The zero-order valence-corrected chi connectivity index (χ0v) is 8.90. The molecule has 1 aliphatic rings. The normalized spacial score (nSPS) is 16.2. The highest BCUT2D eigenvalue weighted by Gasteiger charge is 2.44. The first kappa shape index (κ1) is 10.5. The van der Waals surface area contributed by atoms with Gasteiger partial charge in [0.1, 0.15) is 5.75 Å². The minimum absolute atomic E-state index is 0.0217. The van der Waals surface area contributed by atoms with Gasteiger partial charge in [-0.2, -0.15) is 0 Å². The van der Waals surface area contributed by atoms with E-state index in [-0.39, 0.29) is 11.1 Å². The summed E-state index contributed by atoms with van der Waals surface area (Å²) in [6.45, 7) is 0. The van der Waals surface area contributed by atoms with E-state index in [1.165, 1.54) is 19.2 Å². The Morgan fingerprint density at radius 2 is 2.25 bits per heavy atom. The molecule has 4 nitrogen and oxygen atoms in total. The van der Waals surface area contributed by atoms with Crippen LogP contribution in [0.1, 0.15) is 18.4 Å². The van der Waals surface area contributed by atoms with Crippen molar-refractivity contribution < 1.29 is 9.66 Å². The third kappa shape index (κ3) is 1.50. The van der Waals surface area contributed by atoms with Crippen molar-refractivity contribution in [3.05, 3.63) is 33.9 Å². The highest BCUT2D eigenvalue weighted by atomic mass is 16.6. The predicted octanol–water partition coefficient (Wildman–Crippen LogP) is 2.27. The van der Waals surface area contributed by atoms with Gasteiger partial charge in [-0.05, 0) is 18.9 Å². The summed E-state index contributed by atoms with van der Waals surface area (Å²) >= 11 is 0. The maximum absolute atomic E-state index is 10.6. The number of hydrogen-bond donors (Lipinski definition) is 0. The summed E-state index contributed by atoms with van der Waals surface area (Å²) in [4.78, 5) is 10.2. The number of methoxy groups -OCH3 is 1. The third-order valence-electron chi connectivity index (χ3n) is 2.94. The van der Waals surface area contributed by atoms with Gasteiger partial charge in [-0.25, -0.2) is 0 Å². The summed E-state index contributed by atoms with van der Waals surface area (Å²) in [5.74, 6) is 3.25. The smallest absolute Gasteiger partial charge is 0.273 e. The average Bonchev–Trinajstić information content (AvgIpc) is 3.09. The Hall–Kier alpha value is -2.02. The van der Waals surface area contributed by atoms with Gasteiger partial charge in [0.15, 0.2) is 0 Å². The van der Waals surface area contributed by atoms with Crippen molar-refractivity contribution in [2.24, 2.45) is 0 Å². The standard InChI is InChI=1S/C12H11NO3/c1-3-12(6-7-12)10-5-4-9(13(14)15)8-11(10)16-2/h1,4-5,8H,6-7H2,2H3. The van der Waals surface area contributed by atoms with Crippen LogP contribution in [0.25, 0.3) is 0 Å². The SMILES string of the molecule is C#CC1(c2ccc([N+](=O)[O-])cc2OC)CC1. The molecule has 1 aromatic rings.